The minimum Gasteiger partial charge on any atom is -0.490 e. The molecule has 21 heavy (non-hydrogen) atoms. The van der Waals surface area contributed by atoms with Crippen molar-refractivity contribution in [2.24, 2.45) is 0 Å². The molecule has 0 amide bonds. The van der Waals surface area contributed by atoms with Gasteiger partial charge in [0.2, 0.25) is 0 Å². The molecule has 1 aromatic heterocycles. The molecular weight excluding hydrogens is 290 g/mol. The van der Waals surface area contributed by atoms with E-state index in [-0.39, 0.29) is 0 Å². The lowest BCUT2D eigenvalue weighted by molar-refractivity contribution is 0.297. The number of nitrogens with one attached hydrogen (secondary N) is 1. The number of nitrogens with zero attached hydrogens (tertiary/aromatic N) is 2. The first-order chi connectivity index (χ1) is 10.1. The van der Waals surface area contributed by atoms with Gasteiger partial charge in [-0.05, 0) is 26.0 Å². The van der Waals surface area contributed by atoms with Crippen LogP contribution in [0, 0.1) is 13.8 Å². The first-order valence-corrected chi connectivity index (χ1v) is 7.19. The third-order valence-corrected chi connectivity index (χ3v) is 3.54. The second kappa shape index (κ2) is 5.77. The number of aromatic nitrogens is 2. The van der Waals surface area contributed by atoms with Crippen molar-refractivity contribution in [3.63, 3.8) is 0 Å². The largest absolute Gasteiger partial charge is 0.490 e. The molecule has 6 heteroatoms. The molecule has 0 saturated heterocycles. The van der Waals surface area contributed by atoms with Gasteiger partial charge in [-0.25, -0.2) is 9.97 Å². The molecule has 0 saturated carbocycles. The molecule has 1 N–H and O–H groups in total. The molecular formula is C15H16ClN3O2. The summed E-state index contributed by atoms with van der Waals surface area (Å²) in [4.78, 5) is 8.68. The molecule has 1 aliphatic heterocycles. The maximum atomic E-state index is 6.13. The predicted octanol–water partition coefficient (Wildman–Crippen LogP) is 3.65. The second-order valence-corrected chi connectivity index (χ2v) is 5.23. The van der Waals surface area contributed by atoms with E-state index in [1.54, 1.807) is 0 Å². The van der Waals surface area contributed by atoms with Gasteiger partial charge >= 0.3 is 0 Å². The highest BCUT2D eigenvalue weighted by Gasteiger charge is 2.12. The van der Waals surface area contributed by atoms with E-state index in [1.807, 2.05) is 32.0 Å². The lowest BCUT2D eigenvalue weighted by Crippen LogP contribution is -2.01. The van der Waals surface area contributed by atoms with Crippen molar-refractivity contribution in [2.75, 3.05) is 18.5 Å². The normalized spacial score (nSPS) is 13.7. The number of anilines is 2. The summed E-state index contributed by atoms with van der Waals surface area (Å²) in [6.07, 6.45) is 0.881. The SMILES string of the molecule is Cc1nc(Cl)c(Nc2ccc3c(c2)OCCCO3)nc1C. The zero-order valence-electron chi connectivity index (χ0n) is 11.9. The molecule has 0 bridgehead atoms. The van der Waals surface area contributed by atoms with Crippen LogP contribution in [0.3, 0.4) is 0 Å². The Bertz CT molecular complexity index is 676. The van der Waals surface area contributed by atoms with Crippen LogP contribution in [0.1, 0.15) is 17.8 Å². The highest BCUT2D eigenvalue weighted by Crippen LogP contribution is 2.33. The molecule has 2 heterocycles. The number of halogens is 1. The Morgan fingerprint density at radius 2 is 1.76 bits per heavy atom. The van der Waals surface area contributed by atoms with Gasteiger partial charge in [-0.2, -0.15) is 0 Å². The Morgan fingerprint density at radius 3 is 2.57 bits per heavy atom. The molecule has 0 spiro atoms. The molecule has 110 valence electrons. The highest BCUT2D eigenvalue weighted by molar-refractivity contribution is 6.31. The van der Waals surface area contributed by atoms with E-state index in [0.717, 1.165) is 35.0 Å². The van der Waals surface area contributed by atoms with Crippen LogP contribution in [0.25, 0.3) is 0 Å². The van der Waals surface area contributed by atoms with Gasteiger partial charge in [0.15, 0.2) is 22.5 Å². The fourth-order valence-corrected chi connectivity index (χ4v) is 2.25. The van der Waals surface area contributed by atoms with Crippen LogP contribution in [0.4, 0.5) is 11.5 Å². The Balaban J connectivity index is 1.88. The highest BCUT2D eigenvalue weighted by atomic mass is 35.5. The third kappa shape index (κ3) is 3.03. The van der Waals surface area contributed by atoms with Crippen LogP contribution in [0.2, 0.25) is 5.15 Å². The van der Waals surface area contributed by atoms with Gasteiger partial charge in [0.25, 0.3) is 0 Å². The monoisotopic (exact) mass is 305 g/mol. The Labute approximate surface area is 128 Å². The van der Waals surface area contributed by atoms with Crippen molar-refractivity contribution in [1.29, 1.82) is 0 Å². The number of rotatable bonds is 2. The molecule has 0 unspecified atom stereocenters. The molecule has 2 aromatic rings. The number of benzene rings is 1. The number of aryl methyl sites for hydroxylation is 2. The minimum atomic E-state index is 0.352. The summed E-state index contributed by atoms with van der Waals surface area (Å²) < 4.78 is 11.3. The van der Waals surface area contributed by atoms with Gasteiger partial charge in [0.1, 0.15) is 0 Å². The van der Waals surface area contributed by atoms with Crippen LogP contribution < -0.4 is 14.8 Å². The van der Waals surface area contributed by atoms with E-state index in [1.165, 1.54) is 0 Å². The molecule has 0 radical (unpaired) electrons. The van der Waals surface area contributed by atoms with Gasteiger partial charge in [0, 0.05) is 18.2 Å². The Kier molecular flexibility index (Phi) is 3.84. The molecule has 0 atom stereocenters. The third-order valence-electron chi connectivity index (χ3n) is 3.27. The second-order valence-electron chi connectivity index (χ2n) is 4.87. The maximum absolute atomic E-state index is 6.13. The summed E-state index contributed by atoms with van der Waals surface area (Å²) in [5, 5.41) is 3.52. The van der Waals surface area contributed by atoms with E-state index in [4.69, 9.17) is 21.1 Å². The average Bonchev–Trinajstić information content (AvgIpc) is 2.69. The summed E-state index contributed by atoms with van der Waals surface area (Å²) in [6, 6.07) is 5.67. The Morgan fingerprint density at radius 1 is 1.05 bits per heavy atom. The van der Waals surface area contributed by atoms with Gasteiger partial charge < -0.3 is 14.8 Å². The van der Waals surface area contributed by atoms with E-state index in [9.17, 15) is 0 Å². The first kappa shape index (κ1) is 13.9. The van der Waals surface area contributed by atoms with Crippen LogP contribution in [0.5, 0.6) is 11.5 Å². The Hall–Kier alpha value is -2.01. The summed E-state index contributed by atoms with van der Waals surface area (Å²) in [5.74, 6) is 2.02. The summed E-state index contributed by atoms with van der Waals surface area (Å²) in [6.45, 7) is 5.11. The quantitative estimate of drug-likeness (QED) is 0.917. The lowest BCUT2D eigenvalue weighted by Gasteiger charge is -2.12. The standard InChI is InChI=1S/C15H16ClN3O2/c1-9-10(2)18-15(14(16)17-9)19-11-4-5-12-13(8-11)21-7-3-6-20-12/h4-5,8H,3,6-7H2,1-2H3,(H,18,19). The van der Waals surface area contributed by atoms with Gasteiger partial charge in [-0.3, -0.25) is 0 Å². The predicted molar refractivity (Wildman–Crippen MR) is 81.8 cm³/mol. The van der Waals surface area contributed by atoms with Gasteiger partial charge in [-0.15, -0.1) is 0 Å². The molecule has 0 fully saturated rings. The smallest absolute Gasteiger partial charge is 0.172 e. The molecule has 3 rings (SSSR count). The van der Waals surface area contributed by atoms with Crippen molar-refractivity contribution in [3.8, 4) is 11.5 Å². The van der Waals surface area contributed by atoms with Gasteiger partial charge in [0.05, 0.1) is 24.6 Å². The molecule has 1 aromatic carbocycles. The van der Waals surface area contributed by atoms with Crippen LogP contribution in [-0.2, 0) is 0 Å². The van der Waals surface area contributed by atoms with E-state index in [0.29, 0.717) is 24.2 Å². The number of fused-ring (bicyclic) bond motifs is 1. The lowest BCUT2D eigenvalue weighted by atomic mass is 10.2. The number of hydrogen-bond donors (Lipinski definition) is 1. The van der Waals surface area contributed by atoms with Gasteiger partial charge in [-0.1, -0.05) is 11.6 Å². The van der Waals surface area contributed by atoms with Crippen molar-refractivity contribution < 1.29 is 9.47 Å². The minimum absolute atomic E-state index is 0.352. The van der Waals surface area contributed by atoms with Crippen LogP contribution in [-0.4, -0.2) is 23.2 Å². The van der Waals surface area contributed by atoms with Crippen molar-refractivity contribution in [1.82, 2.24) is 9.97 Å². The van der Waals surface area contributed by atoms with Crippen molar-refractivity contribution in [2.45, 2.75) is 20.3 Å². The molecule has 0 aliphatic carbocycles. The topological polar surface area (TPSA) is 56.3 Å². The van der Waals surface area contributed by atoms with Crippen molar-refractivity contribution >= 4 is 23.1 Å². The maximum Gasteiger partial charge on any atom is 0.172 e. The molecule has 5 nitrogen and oxygen atoms in total. The fraction of sp³-hybridized carbons (Fsp3) is 0.333. The van der Waals surface area contributed by atoms with E-state index < -0.39 is 0 Å². The van der Waals surface area contributed by atoms with Crippen LogP contribution in [0.15, 0.2) is 18.2 Å². The summed E-state index contributed by atoms with van der Waals surface area (Å²) in [7, 11) is 0. The summed E-state index contributed by atoms with van der Waals surface area (Å²) >= 11 is 6.13. The van der Waals surface area contributed by atoms with Crippen molar-refractivity contribution in [3.05, 3.63) is 34.7 Å². The van der Waals surface area contributed by atoms with E-state index >= 15 is 0 Å². The first-order valence-electron chi connectivity index (χ1n) is 6.81. The average molecular weight is 306 g/mol. The fourth-order valence-electron chi connectivity index (χ4n) is 2.03. The zero-order chi connectivity index (χ0) is 14.8. The molecule has 1 aliphatic rings. The number of ether oxygens (including phenoxy) is 2. The summed E-state index contributed by atoms with van der Waals surface area (Å²) in [5.41, 5.74) is 2.50. The zero-order valence-corrected chi connectivity index (χ0v) is 12.7. The van der Waals surface area contributed by atoms with E-state index in [2.05, 4.69) is 15.3 Å². The van der Waals surface area contributed by atoms with Crippen LogP contribution >= 0.6 is 11.6 Å². The number of hydrogen-bond acceptors (Lipinski definition) is 5.